The molecule has 0 aromatic carbocycles. The van der Waals surface area contributed by atoms with Crippen LogP contribution in [0.2, 0.25) is 0 Å². The molecule has 0 radical (unpaired) electrons. The van der Waals surface area contributed by atoms with Crippen molar-refractivity contribution in [3.05, 3.63) is 109 Å². The van der Waals surface area contributed by atoms with E-state index in [1.807, 2.05) is 21.1 Å². The summed E-state index contributed by atoms with van der Waals surface area (Å²) >= 11 is 0. The van der Waals surface area contributed by atoms with Crippen LogP contribution in [0.25, 0.3) is 0 Å². The van der Waals surface area contributed by atoms with Crippen molar-refractivity contribution in [2.45, 2.75) is 148 Å². The molecule has 2 unspecified atom stereocenters. The molecule has 0 rings (SSSR count). The van der Waals surface area contributed by atoms with Gasteiger partial charge in [-0.25, -0.2) is 4.57 Å². The molecule has 9 heteroatoms. The molecule has 8 nitrogen and oxygen atoms in total. The van der Waals surface area contributed by atoms with Crippen molar-refractivity contribution >= 4 is 13.8 Å². The SMILES string of the molecule is CC/C=C\C/C=C\C/C=C\C/C=C\C/C=C\CCCCOCC(COP(=O)(O)OCC[N+](C)(C)C)OC(=O)CCCCCCCC/C=C\C/C=C\C/C=C\C/C=C\CC. The number of likely N-dealkylation sites (N-methyl/N-ethyl adjacent to an activating group) is 1. The van der Waals surface area contributed by atoms with E-state index in [2.05, 4.69) is 123 Å². The number of phosphoric ester groups is 1. The molecule has 0 aromatic rings. The van der Waals surface area contributed by atoms with Gasteiger partial charge in [0.25, 0.3) is 0 Å². The van der Waals surface area contributed by atoms with Crippen molar-refractivity contribution in [3.63, 3.8) is 0 Å². The number of hydrogen-bond acceptors (Lipinski definition) is 6. The van der Waals surface area contributed by atoms with Crippen LogP contribution in [0, 0.1) is 0 Å². The van der Waals surface area contributed by atoms with Crippen molar-refractivity contribution < 1.29 is 37.3 Å². The number of carbonyl (C=O) groups is 1. The normalized spacial score (nSPS) is 14.7. The van der Waals surface area contributed by atoms with Gasteiger partial charge in [0.15, 0.2) is 0 Å². The van der Waals surface area contributed by atoms with Crippen LogP contribution in [0.15, 0.2) is 109 Å². The zero-order chi connectivity index (χ0) is 43.4. The molecule has 0 aliphatic carbocycles. The summed E-state index contributed by atoms with van der Waals surface area (Å²) in [5.74, 6) is -0.348. The molecule has 0 aliphatic rings. The predicted molar refractivity (Wildman–Crippen MR) is 251 cm³/mol. The van der Waals surface area contributed by atoms with E-state index >= 15 is 0 Å². The maximum absolute atomic E-state index is 12.7. The number of allylic oxidation sites excluding steroid dienone is 18. The summed E-state index contributed by atoms with van der Waals surface area (Å²) in [6.45, 7) is 5.22. The van der Waals surface area contributed by atoms with Gasteiger partial charge in [-0.2, -0.15) is 0 Å². The Labute approximate surface area is 361 Å². The van der Waals surface area contributed by atoms with Crippen LogP contribution in [-0.2, 0) is 27.9 Å². The highest BCUT2D eigenvalue weighted by Crippen LogP contribution is 2.43. The van der Waals surface area contributed by atoms with Gasteiger partial charge in [0.05, 0.1) is 34.4 Å². The zero-order valence-electron chi connectivity index (χ0n) is 37.9. The lowest BCUT2D eigenvalue weighted by atomic mass is 10.1. The largest absolute Gasteiger partial charge is 0.472 e. The third-order valence-electron chi connectivity index (χ3n) is 8.83. The molecule has 0 bridgehead atoms. The van der Waals surface area contributed by atoms with Gasteiger partial charge in [0.1, 0.15) is 19.3 Å². The number of hydrogen-bond donors (Lipinski definition) is 1. The molecule has 336 valence electrons. The molecule has 0 amide bonds. The lowest BCUT2D eigenvalue weighted by Crippen LogP contribution is -2.37. The van der Waals surface area contributed by atoms with Crippen LogP contribution in [0.5, 0.6) is 0 Å². The van der Waals surface area contributed by atoms with E-state index in [9.17, 15) is 14.3 Å². The van der Waals surface area contributed by atoms with E-state index in [1.54, 1.807) is 0 Å². The van der Waals surface area contributed by atoms with Crippen molar-refractivity contribution in [1.29, 1.82) is 0 Å². The topological polar surface area (TPSA) is 91.3 Å². The number of ether oxygens (including phenoxy) is 2. The number of rotatable bonds is 40. The first kappa shape index (κ1) is 56.2. The quantitative estimate of drug-likeness (QED) is 0.0216. The average Bonchev–Trinajstić information content (AvgIpc) is 3.19. The lowest BCUT2D eigenvalue weighted by molar-refractivity contribution is -0.870. The first-order chi connectivity index (χ1) is 28.6. The summed E-state index contributed by atoms with van der Waals surface area (Å²) in [5.41, 5.74) is 0. The van der Waals surface area contributed by atoms with Gasteiger partial charge in [0, 0.05) is 13.0 Å². The molecule has 0 aliphatic heterocycles. The fourth-order valence-electron chi connectivity index (χ4n) is 5.39. The highest BCUT2D eigenvalue weighted by Gasteiger charge is 2.26. The molecule has 0 heterocycles. The highest BCUT2D eigenvalue weighted by molar-refractivity contribution is 7.47. The Balaban J connectivity index is 4.36. The Morgan fingerprint density at radius 2 is 0.932 bits per heavy atom. The van der Waals surface area contributed by atoms with Gasteiger partial charge < -0.3 is 18.9 Å². The van der Waals surface area contributed by atoms with E-state index in [1.165, 1.54) is 12.8 Å². The number of nitrogens with zero attached hydrogens (tertiary/aromatic N) is 1. The lowest BCUT2D eigenvalue weighted by Gasteiger charge is -2.24. The summed E-state index contributed by atoms with van der Waals surface area (Å²) in [7, 11) is 1.61. The number of phosphoric acid groups is 1. The van der Waals surface area contributed by atoms with Crippen LogP contribution in [0.3, 0.4) is 0 Å². The summed E-state index contributed by atoms with van der Waals surface area (Å²) in [6.07, 6.45) is 58.4. The maximum Gasteiger partial charge on any atom is 0.472 e. The van der Waals surface area contributed by atoms with Crippen LogP contribution < -0.4 is 0 Å². The fraction of sp³-hybridized carbons (Fsp3) is 0.620. The van der Waals surface area contributed by atoms with Crippen molar-refractivity contribution in [2.24, 2.45) is 0 Å². The molecule has 59 heavy (non-hydrogen) atoms. The minimum Gasteiger partial charge on any atom is -0.457 e. The number of unbranched alkanes of at least 4 members (excludes halogenated alkanes) is 8. The summed E-state index contributed by atoms with van der Waals surface area (Å²) in [4.78, 5) is 22.9. The van der Waals surface area contributed by atoms with Gasteiger partial charge in [0.2, 0.25) is 0 Å². The van der Waals surface area contributed by atoms with Gasteiger partial charge >= 0.3 is 13.8 Å². The van der Waals surface area contributed by atoms with Crippen LogP contribution in [-0.4, -0.2) is 75.6 Å². The van der Waals surface area contributed by atoms with Crippen molar-refractivity contribution in [1.82, 2.24) is 0 Å². The number of carbonyl (C=O) groups excluding carboxylic acids is 1. The summed E-state index contributed by atoms with van der Waals surface area (Å²) in [6, 6.07) is 0. The smallest absolute Gasteiger partial charge is 0.457 e. The predicted octanol–water partition coefficient (Wildman–Crippen LogP) is 13.6. The first-order valence-electron chi connectivity index (χ1n) is 22.6. The fourth-order valence-corrected chi connectivity index (χ4v) is 6.13. The Kier molecular flexibility index (Phi) is 39.9. The maximum atomic E-state index is 12.7. The second kappa shape index (κ2) is 41.9. The van der Waals surface area contributed by atoms with Gasteiger partial charge in [-0.05, 0) is 96.3 Å². The monoisotopic (exact) mass is 843 g/mol. The van der Waals surface area contributed by atoms with Gasteiger partial charge in [-0.3, -0.25) is 13.8 Å². The number of esters is 1. The summed E-state index contributed by atoms with van der Waals surface area (Å²) in [5, 5.41) is 0. The van der Waals surface area contributed by atoms with E-state index in [0.717, 1.165) is 109 Å². The summed E-state index contributed by atoms with van der Waals surface area (Å²) < 4.78 is 35.0. The molecule has 0 aromatic heterocycles. The second-order valence-electron chi connectivity index (χ2n) is 15.7. The van der Waals surface area contributed by atoms with Crippen LogP contribution in [0.1, 0.15) is 142 Å². The minimum atomic E-state index is -4.30. The second-order valence-corrected chi connectivity index (χ2v) is 17.1. The van der Waals surface area contributed by atoms with E-state index in [4.69, 9.17) is 18.5 Å². The number of quaternary nitrogens is 1. The third kappa shape index (κ3) is 46.1. The first-order valence-corrected chi connectivity index (χ1v) is 24.1. The third-order valence-corrected chi connectivity index (χ3v) is 9.81. The Bertz CT molecular complexity index is 1300. The van der Waals surface area contributed by atoms with Crippen molar-refractivity contribution in [3.8, 4) is 0 Å². The Morgan fingerprint density at radius 3 is 1.39 bits per heavy atom. The molecular weight excluding hydrogens is 758 g/mol. The van der Waals surface area contributed by atoms with Crippen molar-refractivity contribution in [2.75, 3.05) is 54.1 Å². The highest BCUT2D eigenvalue weighted by atomic mass is 31.2. The Morgan fingerprint density at radius 1 is 0.525 bits per heavy atom. The standard InChI is InChI=1S/C50H84NO7P/c1-6-8-10-12-14-16-18-20-22-24-26-27-29-31-33-35-37-39-41-43-50(52)58-49(48-57-59(53,54)56-46-44-51(3,4)5)47-55-45-42-40-38-36-34-32-30-28-25-23-21-19-17-15-13-11-9-7-2/h8-11,14-17,20-23,26-28,30,34,36,49H,6-7,12-13,18-19,24-25,29,31-33,35,37-48H2,1-5H3/p+1/b10-8-,11-9-,16-14-,17-15-,22-20-,23-21-,27-26-,30-28-,36-34-. The minimum absolute atomic E-state index is 0.0700. The molecule has 0 saturated heterocycles. The van der Waals surface area contributed by atoms with Crippen LogP contribution >= 0.6 is 7.82 Å². The van der Waals surface area contributed by atoms with Crippen LogP contribution in [0.4, 0.5) is 0 Å². The molecular formula is C50H85NO7P+. The average molecular weight is 843 g/mol. The van der Waals surface area contributed by atoms with E-state index < -0.39 is 13.9 Å². The van der Waals surface area contributed by atoms with E-state index in [0.29, 0.717) is 24.1 Å². The molecule has 0 spiro atoms. The van der Waals surface area contributed by atoms with E-state index in [-0.39, 0.29) is 25.8 Å². The van der Waals surface area contributed by atoms with Gasteiger partial charge in [-0.1, -0.05) is 149 Å². The molecule has 2 atom stereocenters. The molecule has 0 fully saturated rings. The molecule has 0 saturated carbocycles. The molecule has 1 N–H and O–H groups in total. The Hall–Kier alpha value is -2.84. The van der Waals surface area contributed by atoms with Gasteiger partial charge in [-0.15, -0.1) is 0 Å². The zero-order valence-corrected chi connectivity index (χ0v) is 38.8.